The predicted octanol–water partition coefficient (Wildman–Crippen LogP) is 4.15. The molecule has 0 aromatic heterocycles. The number of carbonyl (C=O) groups excluding carboxylic acids is 2. The molecule has 0 bridgehead atoms. The minimum Gasteiger partial charge on any atom is -0.497 e. The van der Waals surface area contributed by atoms with Gasteiger partial charge in [0, 0.05) is 12.0 Å². The lowest BCUT2D eigenvalue weighted by atomic mass is 10.0. The number of benzene rings is 2. The highest BCUT2D eigenvalue weighted by Gasteiger charge is 2.20. The standard InChI is InChI=1S/C20H22O4/c1-23-18-9-8-15-11-17(7-6-16(15)12-18)19(21)13-24-20(22)10-14-4-2-3-5-14/h6-9,11-12,14H,2-5,10,13H2,1H3. The van der Waals surface area contributed by atoms with Crippen LogP contribution >= 0.6 is 0 Å². The lowest BCUT2D eigenvalue weighted by Crippen LogP contribution is -2.16. The summed E-state index contributed by atoms with van der Waals surface area (Å²) in [5.41, 5.74) is 0.557. The van der Waals surface area contributed by atoms with Crippen LogP contribution in [-0.4, -0.2) is 25.5 Å². The van der Waals surface area contributed by atoms with Crippen LogP contribution in [0.15, 0.2) is 36.4 Å². The first kappa shape index (κ1) is 16.5. The van der Waals surface area contributed by atoms with Gasteiger partial charge in [0.1, 0.15) is 5.75 Å². The van der Waals surface area contributed by atoms with Crippen LogP contribution in [0.4, 0.5) is 0 Å². The number of Topliss-reactive ketones (excluding diaryl/α,β-unsaturated/α-hetero) is 1. The lowest BCUT2D eigenvalue weighted by molar-refractivity contribution is -0.143. The molecular weight excluding hydrogens is 304 g/mol. The number of fused-ring (bicyclic) bond motifs is 1. The smallest absolute Gasteiger partial charge is 0.306 e. The molecule has 0 heterocycles. The van der Waals surface area contributed by atoms with Crippen LogP contribution in [0.3, 0.4) is 0 Å². The van der Waals surface area contributed by atoms with Crippen molar-refractivity contribution in [1.82, 2.24) is 0 Å². The lowest BCUT2D eigenvalue weighted by Gasteiger charge is -2.09. The minimum atomic E-state index is -0.263. The van der Waals surface area contributed by atoms with Crippen LogP contribution in [0.25, 0.3) is 10.8 Å². The van der Waals surface area contributed by atoms with Gasteiger partial charge in [-0.05, 0) is 47.7 Å². The fourth-order valence-electron chi connectivity index (χ4n) is 3.26. The van der Waals surface area contributed by atoms with E-state index in [1.54, 1.807) is 13.2 Å². The molecule has 126 valence electrons. The van der Waals surface area contributed by atoms with Gasteiger partial charge in [0.15, 0.2) is 12.4 Å². The Morgan fingerprint density at radius 2 is 1.75 bits per heavy atom. The minimum absolute atomic E-state index is 0.174. The van der Waals surface area contributed by atoms with Gasteiger partial charge in [-0.15, -0.1) is 0 Å². The van der Waals surface area contributed by atoms with Crippen LogP contribution in [0.1, 0.15) is 42.5 Å². The van der Waals surface area contributed by atoms with Crippen molar-refractivity contribution in [3.8, 4) is 5.75 Å². The zero-order chi connectivity index (χ0) is 16.9. The summed E-state index contributed by atoms with van der Waals surface area (Å²) < 4.78 is 10.4. The molecule has 0 amide bonds. The van der Waals surface area contributed by atoms with Crippen molar-refractivity contribution < 1.29 is 19.1 Å². The summed E-state index contributed by atoms with van der Waals surface area (Å²) in [6, 6.07) is 11.2. The molecule has 1 fully saturated rings. The van der Waals surface area contributed by atoms with E-state index in [2.05, 4.69) is 0 Å². The second-order valence-electron chi connectivity index (χ2n) is 6.37. The Hall–Kier alpha value is -2.36. The van der Waals surface area contributed by atoms with Crippen molar-refractivity contribution >= 4 is 22.5 Å². The molecule has 0 unspecified atom stereocenters. The Bertz CT molecular complexity index is 744. The molecule has 0 saturated heterocycles. The van der Waals surface area contributed by atoms with Crippen molar-refractivity contribution in [3.63, 3.8) is 0 Å². The second kappa shape index (κ2) is 7.47. The van der Waals surface area contributed by atoms with Crippen molar-refractivity contribution in [1.29, 1.82) is 0 Å². The second-order valence-corrected chi connectivity index (χ2v) is 6.37. The highest BCUT2D eigenvalue weighted by atomic mass is 16.5. The highest BCUT2D eigenvalue weighted by molar-refractivity contribution is 6.01. The van der Waals surface area contributed by atoms with Gasteiger partial charge in [0.2, 0.25) is 0 Å². The Labute approximate surface area is 141 Å². The fourth-order valence-corrected chi connectivity index (χ4v) is 3.26. The molecule has 2 aromatic carbocycles. The summed E-state index contributed by atoms with van der Waals surface area (Å²) in [6.07, 6.45) is 5.01. The van der Waals surface area contributed by atoms with E-state index >= 15 is 0 Å². The third kappa shape index (κ3) is 3.94. The Kier molecular flexibility index (Phi) is 5.14. The van der Waals surface area contributed by atoms with Gasteiger partial charge in [-0.2, -0.15) is 0 Å². The van der Waals surface area contributed by atoms with E-state index in [1.165, 1.54) is 12.8 Å². The number of hydrogen-bond acceptors (Lipinski definition) is 4. The summed E-state index contributed by atoms with van der Waals surface area (Å²) >= 11 is 0. The van der Waals surface area contributed by atoms with Crippen LogP contribution in [-0.2, 0) is 9.53 Å². The maximum Gasteiger partial charge on any atom is 0.306 e. The predicted molar refractivity (Wildman–Crippen MR) is 92.4 cm³/mol. The van der Waals surface area contributed by atoms with Gasteiger partial charge >= 0.3 is 5.97 Å². The molecular formula is C20H22O4. The molecule has 24 heavy (non-hydrogen) atoms. The Morgan fingerprint density at radius 3 is 2.50 bits per heavy atom. The summed E-state index contributed by atoms with van der Waals surface area (Å²) in [4.78, 5) is 24.1. The van der Waals surface area contributed by atoms with Crippen molar-refractivity contribution in [3.05, 3.63) is 42.0 Å². The van der Waals surface area contributed by atoms with E-state index in [9.17, 15) is 9.59 Å². The Balaban J connectivity index is 1.60. The van der Waals surface area contributed by atoms with Gasteiger partial charge in [0.05, 0.1) is 7.11 Å². The van der Waals surface area contributed by atoms with Gasteiger partial charge in [-0.3, -0.25) is 9.59 Å². The van der Waals surface area contributed by atoms with E-state index in [0.29, 0.717) is 17.9 Å². The molecule has 3 rings (SSSR count). The highest BCUT2D eigenvalue weighted by Crippen LogP contribution is 2.27. The molecule has 1 aliphatic carbocycles. The zero-order valence-corrected chi connectivity index (χ0v) is 13.9. The third-order valence-electron chi connectivity index (χ3n) is 4.66. The van der Waals surface area contributed by atoms with Crippen LogP contribution < -0.4 is 4.74 Å². The van der Waals surface area contributed by atoms with Crippen molar-refractivity contribution in [2.24, 2.45) is 5.92 Å². The molecule has 0 aliphatic heterocycles. The maximum atomic E-state index is 12.3. The number of ether oxygens (including phenoxy) is 2. The summed E-state index contributed by atoms with van der Waals surface area (Å²) in [5, 5.41) is 1.96. The molecule has 4 nitrogen and oxygen atoms in total. The number of methoxy groups -OCH3 is 1. The SMILES string of the molecule is COc1ccc2cc(C(=O)COC(=O)CC3CCCC3)ccc2c1. The first-order valence-electron chi connectivity index (χ1n) is 8.42. The van der Waals surface area contributed by atoms with Crippen molar-refractivity contribution in [2.75, 3.05) is 13.7 Å². The number of esters is 1. The third-order valence-corrected chi connectivity index (χ3v) is 4.66. The first-order valence-corrected chi connectivity index (χ1v) is 8.42. The largest absolute Gasteiger partial charge is 0.497 e. The quantitative estimate of drug-likeness (QED) is 0.591. The maximum absolute atomic E-state index is 12.3. The number of ketones is 1. The van der Waals surface area contributed by atoms with Crippen molar-refractivity contribution in [2.45, 2.75) is 32.1 Å². The zero-order valence-electron chi connectivity index (χ0n) is 13.9. The molecule has 4 heteroatoms. The molecule has 1 aliphatic rings. The number of carbonyl (C=O) groups is 2. The summed E-state index contributed by atoms with van der Waals surface area (Å²) in [6.45, 7) is -0.187. The monoisotopic (exact) mass is 326 g/mol. The van der Waals surface area contributed by atoms with Gasteiger partial charge in [-0.1, -0.05) is 31.0 Å². The number of rotatable bonds is 6. The van der Waals surface area contributed by atoms with Gasteiger partial charge in [0.25, 0.3) is 0 Å². The average Bonchev–Trinajstić information content (AvgIpc) is 3.11. The van der Waals surface area contributed by atoms with E-state index in [4.69, 9.17) is 9.47 Å². The first-order chi connectivity index (χ1) is 11.7. The van der Waals surface area contributed by atoms with E-state index in [0.717, 1.165) is 29.4 Å². The van der Waals surface area contributed by atoms with E-state index in [1.807, 2.05) is 30.3 Å². The van der Waals surface area contributed by atoms with Gasteiger partial charge < -0.3 is 9.47 Å². The molecule has 0 spiro atoms. The summed E-state index contributed by atoms with van der Waals surface area (Å²) in [5.74, 6) is 0.777. The summed E-state index contributed by atoms with van der Waals surface area (Å²) in [7, 11) is 1.62. The number of hydrogen-bond donors (Lipinski definition) is 0. The van der Waals surface area contributed by atoms with E-state index < -0.39 is 0 Å². The van der Waals surface area contributed by atoms with Crippen LogP contribution in [0, 0.1) is 5.92 Å². The topological polar surface area (TPSA) is 52.6 Å². The van der Waals surface area contributed by atoms with Crippen LogP contribution in [0.5, 0.6) is 5.75 Å². The van der Waals surface area contributed by atoms with Crippen LogP contribution in [0.2, 0.25) is 0 Å². The van der Waals surface area contributed by atoms with Gasteiger partial charge in [-0.25, -0.2) is 0 Å². The molecule has 0 N–H and O–H groups in total. The molecule has 0 radical (unpaired) electrons. The Morgan fingerprint density at radius 1 is 1.04 bits per heavy atom. The fraction of sp³-hybridized carbons (Fsp3) is 0.400. The molecule has 2 aromatic rings. The molecule has 1 saturated carbocycles. The normalized spacial score (nSPS) is 14.7. The average molecular weight is 326 g/mol. The molecule has 0 atom stereocenters. The van der Waals surface area contributed by atoms with E-state index in [-0.39, 0.29) is 18.4 Å².